The molecule has 0 saturated carbocycles. The summed E-state index contributed by atoms with van der Waals surface area (Å²) >= 11 is 0. The van der Waals surface area contributed by atoms with Crippen molar-refractivity contribution in [1.82, 2.24) is 0 Å². The lowest BCUT2D eigenvalue weighted by molar-refractivity contribution is -0.141. The molecule has 8 nitrogen and oxygen atoms in total. The predicted molar refractivity (Wildman–Crippen MR) is 125 cm³/mol. The Labute approximate surface area is 199 Å². The van der Waals surface area contributed by atoms with Crippen LogP contribution in [-0.4, -0.2) is 51.0 Å². The van der Waals surface area contributed by atoms with Crippen molar-refractivity contribution in [3.63, 3.8) is 0 Å². The van der Waals surface area contributed by atoms with Gasteiger partial charge in [0.15, 0.2) is 23.0 Å². The molecule has 0 unspecified atom stereocenters. The van der Waals surface area contributed by atoms with E-state index in [-0.39, 0.29) is 47.1 Å². The highest BCUT2D eigenvalue weighted by Gasteiger charge is 2.52. The van der Waals surface area contributed by atoms with Crippen LogP contribution < -0.4 is 24.7 Å². The molecule has 0 aromatic heterocycles. The highest BCUT2D eigenvalue weighted by molar-refractivity contribution is 8.76. The van der Waals surface area contributed by atoms with Crippen LogP contribution in [0, 0.1) is 11.8 Å². The summed E-state index contributed by atoms with van der Waals surface area (Å²) in [6, 6.07) is 7.52. The molecule has 2 aromatic rings. The quantitative estimate of drug-likeness (QED) is 0.339. The van der Waals surface area contributed by atoms with E-state index in [4.69, 9.17) is 29.4 Å². The van der Waals surface area contributed by atoms with E-state index in [2.05, 4.69) is 0 Å². The van der Waals surface area contributed by atoms with Gasteiger partial charge in [-0.25, -0.2) is 0 Å². The van der Waals surface area contributed by atoms with Crippen molar-refractivity contribution in [2.24, 2.45) is 17.6 Å². The maximum Gasteiger partial charge on any atom is 0.310 e. The molecule has 1 fully saturated rings. The number of fused-ring (bicyclic) bond motifs is 3. The number of esters is 1. The molecule has 176 valence electrons. The molecular formula is C23H25NO7S2. The fourth-order valence-corrected chi connectivity index (χ4v) is 7.69. The van der Waals surface area contributed by atoms with Crippen molar-refractivity contribution in [2.75, 3.05) is 39.9 Å². The molecule has 5 rings (SSSR count). The summed E-state index contributed by atoms with van der Waals surface area (Å²) in [7, 11) is 6.39. The number of hydrogen-bond acceptors (Lipinski definition) is 10. The predicted octanol–water partition coefficient (Wildman–Crippen LogP) is 3.45. The molecule has 2 aliphatic heterocycles. The molecule has 2 aromatic carbocycles. The number of carbonyl (C=O) groups is 1. The second-order valence-electron chi connectivity index (χ2n) is 8.03. The van der Waals surface area contributed by atoms with Gasteiger partial charge in [0.2, 0.25) is 12.5 Å². The summed E-state index contributed by atoms with van der Waals surface area (Å²) in [6.07, 6.45) is 0. The first kappa shape index (κ1) is 22.4. The van der Waals surface area contributed by atoms with Crippen molar-refractivity contribution in [3.8, 4) is 28.7 Å². The minimum atomic E-state index is -0.396. The molecular weight excluding hydrogens is 466 g/mol. The van der Waals surface area contributed by atoms with E-state index in [0.29, 0.717) is 24.7 Å². The number of phenols is 1. The van der Waals surface area contributed by atoms with Crippen LogP contribution in [0.15, 0.2) is 24.3 Å². The number of ether oxygens (including phenoxy) is 5. The standard InChI is InChI=1S/C23H25NO7S2/c1-27-17-5-11(6-18(28-2)21(17)25)19-12-7-15-16(31-10-30-15)8-13(12)22(33-32-4-3-24)14-9-29-23(26)20(14)19/h5-8,14,19-20,22,25H,3-4,9-10,24H2,1-2H3/t14-,19+,20-,22+/m0/s1. The fraction of sp³-hybridized carbons (Fsp3) is 0.435. The Morgan fingerprint density at radius 3 is 2.36 bits per heavy atom. The normalized spacial score (nSPS) is 24.8. The molecule has 0 amide bonds. The number of aromatic hydroxyl groups is 1. The third-order valence-corrected chi connectivity index (χ3v) is 9.23. The van der Waals surface area contributed by atoms with Crippen LogP contribution >= 0.6 is 21.6 Å². The van der Waals surface area contributed by atoms with Crippen LogP contribution in [0.2, 0.25) is 0 Å². The minimum Gasteiger partial charge on any atom is -0.502 e. The number of nitrogens with two attached hydrogens (primary N) is 1. The Kier molecular flexibility index (Phi) is 6.15. The Morgan fingerprint density at radius 1 is 1.06 bits per heavy atom. The third-order valence-electron chi connectivity index (χ3n) is 6.35. The summed E-state index contributed by atoms with van der Waals surface area (Å²) in [6.45, 7) is 1.09. The lowest BCUT2D eigenvalue weighted by atomic mass is 9.67. The third kappa shape index (κ3) is 3.74. The molecule has 0 radical (unpaired) electrons. The monoisotopic (exact) mass is 491 g/mol. The van der Waals surface area contributed by atoms with Gasteiger partial charge in [0, 0.05) is 29.4 Å². The summed E-state index contributed by atoms with van der Waals surface area (Å²) in [4.78, 5) is 13.1. The van der Waals surface area contributed by atoms with E-state index in [1.54, 1.807) is 33.7 Å². The molecule has 1 saturated heterocycles. The van der Waals surface area contributed by atoms with Crippen LogP contribution in [0.3, 0.4) is 0 Å². The van der Waals surface area contributed by atoms with Gasteiger partial charge in [0.05, 0.1) is 26.7 Å². The van der Waals surface area contributed by atoms with Crippen LogP contribution in [-0.2, 0) is 9.53 Å². The van der Waals surface area contributed by atoms with Crippen molar-refractivity contribution in [2.45, 2.75) is 11.2 Å². The second kappa shape index (κ2) is 9.08. The Hall–Kier alpha value is -2.43. The maximum atomic E-state index is 13.1. The zero-order chi connectivity index (χ0) is 23.1. The van der Waals surface area contributed by atoms with E-state index < -0.39 is 5.92 Å². The number of methoxy groups -OCH3 is 2. The van der Waals surface area contributed by atoms with Gasteiger partial charge in [-0.2, -0.15) is 0 Å². The number of benzene rings is 2. The summed E-state index contributed by atoms with van der Waals surface area (Å²) in [5.41, 5.74) is 8.57. The average Bonchev–Trinajstić information content (AvgIpc) is 3.44. The SMILES string of the molecule is COc1cc([C@@H]2c3cc4c(cc3[C@@H](SSCCN)[C@H]3COC(=O)[C@H]23)OCO4)cc(OC)c1O. The second-order valence-corrected chi connectivity index (χ2v) is 10.7. The molecule has 2 heterocycles. The molecule has 0 spiro atoms. The summed E-state index contributed by atoms with van der Waals surface area (Å²) in [5.74, 6) is 1.67. The van der Waals surface area contributed by atoms with Crippen LogP contribution in [0.4, 0.5) is 0 Å². The fourth-order valence-electron chi connectivity index (χ4n) is 4.90. The first-order chi connectivity index (χ1) is 16.1. The van der Waals surface area contributed by atoms with Crippen LogP contribution in [0.1, 0.15) is 27.9 Å². The van der Waals surface area contributed by atoms with Gasteiger partial charge in [0.1, 0.15) is 0 Å². The first-order valence-corrected chi connectivity index (χ1v) is 13.0. The average molecular weight is 492 g/mol. The Balaban J connectivity index is 1.69. The summed E-state index contributed by atoms with van der Waals surface area (Å²) < 4.78 is 27.7. The Morgan fingerprint density at radius 2 is 1.73 bits per heavy atom. The van der Waals surface area contributed by atoms with Gasteiger partial charge in [-0.15, -0.1) is 0 Å². The highest BCUT2D eigenvalue weighted by Crippen LogP contribution is 2.60. The van der Waals surface area contributed by atoms with E-state index in [1.165, 1.54) is 14.2 Å². The molecule has 1 aliphatic carbocycles. The number of rotatable bonds is 7. The van der Waals surface area contributed by atoms with Gasteiger partial charge < -0.3 is 34.5 Å². The van der Waals surface area contributed by atoms with E-state index >= 15 is 0 Å². The number of cyclic esters (lactones) is 1. The molecule has 33 heavy (non-hydrogen) atoms. The molecule has 3 aliphatic rings. The Bertz CT molecular complexity index is 1050. The van der Waals surface area contributed by atoms with Crippen molar-refractivity contribution < 1.29 is 33.6 Å². The topological polar surface area (TPSA) is 109 Å². The minimum absolute atomic E-state index is 0.0275. The van der Waals surface area contributed by atoms with Gasteiger partial charge in [-0.05, 0) is 41.0 Å². The number of phenolic OH excluding ortho intramolecular Hbond substituents is 1. The number of hydrogen-bond donors (Lipinski definition) is 2. The maximum absolute atomic E-state index is 13.1. The van der Waals surface area contributed by atoms with Crippen molar-refractivity contribution in [1.29, 1.82) is 0 Å². The van der Waals surface area contributed by atoms with Gasteiger partial charge in [-0.1, -0.05) is 21.6 Å². The van der Waals surface area contributed by atoms with Gasteiger partial charge in [0.25, 0.3) is 0 Å². The zero-order valence-corrected chi connectivity index (χ0v) is 19.9. The zero-order valence-electron chi connectivity index (χ0n) is 18.2. The highest BCUT2D eigenvalue weighted by atomic mass is 33.1. The van der Waals surface area contributed by atoms with Gasteiger partial charge >= 0.3 is 5.97 Å². The smallest absolute Gasteiger partial charge is 0.310 e. The molecule has 3 N–H and O–H groups in total. The molecule has 10 heteroatoms. The van der Waals surface area contributed by atoms with Crippen LogP contribution in [0.25, 0.3) is 0 Å². The largest absolute Gasteiger partial charge is 0.502 e. The van der Waals surface area contributed by atoms with Crippen molar-refractivity contribution in [3.05, 3.63) is 41.0 Å². The van der Waals surface area contributed by atoms with Crippen molar-refractivity contribution >= 4 is 27.6 Å². The summed E-state index contributed by atoms with van der Waals surface area (Å²) in [5, 5.41) is 10.5. The first-order valence-electron chi connectivity index (χ1n) is 10.6. The lowest BCUT2D eigenvalue weighted by Crippen LogP contribution is -2.33. The van der Waals surface area contributed by atoms with E-state index in [1.807, 2.05) is 12.1 Å². The molecule has 0 bridgehead atoms. The van der Waals surface area contributed by atoms with E-state index in [9.17, 15) is 9.90 Å². The molecule has 4 atom stereocenters. The number of carbonyl (C=O) groups excluding carboxylic acids is 1. The van der Waals surface area contributed by atoms with E-state index in [0.717, 1.165) is 22.4 Å². The van der Waals surface area contributed by atoms with Crippen LogP contribution in [0.5, 0.6) is 28.7 Å². The van der Waals surface area contributed by atoms with Gasteiger partial charge in [-0.3, -0.25) is 4.79 Å². The lowest BCUT2D eigenvalue weighted by Gasteiger charge is -2.38.